The van der Waals surface area contributed by atoms with Crippen LogP contribution in [0.5, 0.6) is 0 Å². The van der Waals surface area contributed by atoms with Crippen molar-refractivity contribution in [1.29, 1.82) is 0 Å². The Balaban J connectivity index is 1.67. The highest BCUT2D eigenvalue weighted by Crippen LogP contribution is 2.29. The summed E-state index contributed by atoms with van der Waals surface area (Å²) in [6.45, 7) is 6.58. The first-order valence-corrected chi connectivity index (χ1v) is 8.65. The number of aromatic nitrogens is 2. The van der Waals surface area contributed by atoms with E-state index in [0.717, 1.165) is 44.9 Å². The van der Waals surface area contributed by atoms with Gasteiger partial charge in [-0.15, -0.1) is 0 Å². The average Bonchev–Trinajstić information content (AvgIpc) is 2.68. The molecule has 0 radical (unpaired) electrons. The molecule has 27 heavy (non-hydrogen) atoms. The lowest BCUT2D eigenvalue weighted by Gasteiger charge is -2.34. The van der Waals surface area contributed by atoms with Gasteiger partial charge in [-0.3, -0.25) is 4.79 Å². The highest BCUT2D eigenvalue weighted by atomic mass is 19.4. The van der Waals surface area contributed by atoms with Crippen molar-refractivity contribution in [2.45, 2.75) is 13.1 Å². The van der Waals surface area contributed by atoms with Crippen LogP contribution in [-0.4, -0.2) is 53.5 Å². The van der Waals surface area contributed by atoms with Crippen molar-refractivity contribution >= 4 is 17.4 Å². The molecule has 1 aromatic heterocycles. The maximum Gasteiger partial charge on any atom is 0.416 e. The van der Waals surface area contributed by atoms with Crippen LogP contribution in [0, 0.1) is 0 Å². The second-order valence-corrected chi connectivity index (χ2v) is 6.21. The molecule has 1 aliphatic rings. The van der Waals surface area contributed by atoms with Crippen molar-refractivity contribution in [2.24, 2.45) is 0 Å². The summed E-state index contributed by atoms with van der Waals surface area (Å²) < 4.78 is 37.8. The van der Waals surface area contributed by atoms with Crippen molar-refractivity contribution in [2.75, 3.05) is 42.9 Å². The van der Waals surface area contributed by atoms with E-state index in [1.807, 2.05) is 0 Å². The lowest BCUT2D eigenvalue weighted by atomic mass is 10.2. The number of rotatable bonds is 4. The van der Waals surface area contributed by atoms with Crippen LogP contribution in [-0.2, 0) is 6.18 Å². The van der Waals surface area contributed by atoms with Crippen LogP contribution in [0.3, 0.4) is 0 Å². The molecule has 144 valence electrons. The van der Waals surface area contributed by atoms with Crippen molar-refractivity contribution in [3.8, 4) is 0 Å². The Labute approximate surface area is 155 Å². The summed E-state index contributed by atoms with van der Waals surface area (Å²) in [6, 6.07) is 5.88. The van der Waals surface area contributed by atoms with Crippen molar-refractivity contribution < 1.29 is 18.0 Å². The number of benzene rings is 1. The molecule has 1 fully saturated rings. The predicted molar refractivity (Wildman–Crippen MR) is 95.8 cm³/mol. The number of halogens is 3. The molecule has 9 heteroatoms. The second kappa shape index (κ2) is 7.91. The van der Waals surface area contributed by atoms with Gasteiger partial charge in [0.1, 0.15) is 17.8 Å². The largest absolute Gasteiger partial charge is 0.416 e. The van der Waals surface area contributed by atoms with Gasteiger partial charge in [0.15, 0.2) is 0 Å². The molecule has 0 saturated carbocycles. The lowest BCUT2D eigenvalue weighted by molar-refractivity contribution is -0.137. The lowest BCUT2D eigenvalue weighted by Crippen LogP contribution is -2.46. The molecule has 1 amide bonds. The zero-order valence-electron chi connectivity index (χ0n) is 14.8. The Morgan fingerprint density at radius 2 is 1.78 bits per heavy atom. The Morgan fingerprint density at radius 3 is 2.37 bits per heavy atom. The number of amides is 1. The molecular formula is C18H20F3N5O. The summed E-state index contributed by atoms with van der Waals surface area (Å²) in [5.41, 5.74) is -0.335. The third-order valence-corrected chi connectivity index (χ3v) is 4.50. The van der Waals surface area contributed by atoms with Gasteiger partial charge >= 0.3 is 6.18 Å². The third kappa shape index (κ3) is 4.73. The van der Waals surface area contributed by atoms with Gasteiger partial charge in [-0.1, -0.05) is 6.92 Å². The molecule has 1 aromatic carbocycles. The van der Waals surface area contributed by atoms with Crippen LogP contribution in [0.25, 0.3) is 0 Å². The van der Waals surface area contributed by atoms with E-state index in [-0.39, 0.29) is 11.4 Å². The summed E-state index contributed by atoms with van der Waals surface area (Å²) in [4.78, 5) is 25.0. The van der Waals surface area contributed by atoms with E-state index in [2.05, 4.69) is 32.0 Å². The molecule has 3 rings (SSSR count). The monoisotopic (exact) mass is 379 g/mol. The Kier molecular flexibility index (Phi) is 5.59. The van der Waals surface area contributed by atoms with Gasteiger partial charge in [0, 0.05) is 37.9 Å². The van der Waals surface area contributed by atoms with Gasteiger partial charge in [0.2, 0.25) is 0 Å². The molecule has 0 atom stereocenters. The number of carbonyl (C=O) groups is 1. The molecule has 0 unspecified atom stereocenters. The number of anilines is 2. The fraction of sp³-hybridized carbons (Fsp3) is 0.389. The Bertz CT molecular complexity index is 786. The van der Waals surface area contributed by atoms with E-state index in [4.69, 9.17) is 0 Å². The first-order valence-electron chi connectivity index (χ1n) is 8.65. The molecule has 1 saturated heterocycles. The highest BCUT2D eigenvalue weighted by Gasteiger charge is 2.30. The van der Waals surface area contributed by atoms with Crippen molar-refractivity contribution in [3.05, 3.63) is 47.9 Å². The van der Waals surface area contributed by atoms with Crippen LogP contribution in [0.4, 0.5) is 24.7 Å². The summed E-state index contributed by atoms with van der Waals surface area (Å²) in [5, 5.41) is 2.56. The van der Waals surface area contributed by atoms with E-state index in [0.29, 0.717) is 5.82 Å². The number of hydrogen-bond donors (Lipinski definition) is 1. The standard InChI is InChI=1S/C18H20F3N5O/c1-2-25-7-9-26(10-8-25)16-11-15(22-12-23-16)17(27)24-14-5-3-13(4-6-14)18(19,20)21/h3-6,11-12H,2,7-10H2,1H3,(H,24,27). The van der Waals surface area contributed by atoms with E-state index < -0.39 is 17.6 Å². The molecule has 1 aliphatic heterocycles. The minimum atomic E-state index is -4.41. The van der Waals surface area contributed by atoms with Crippen molar-refractivity contribution in [3.63, 3.8) is 0 Å². The number of hydrogen-bond acceptors (Lipinski definition) is 5. The summed E-state index contributed by atoms with van der Waals surface area (Å²) in [7, 11) is 0. The fourth-order valence-electron chi connectivity index (χ4n) is 2.88. The molecular weight excluding hydrogens is 359 g/mol. The molecule has 2 aromatic rings. The molecule has 0 spiro atoms. The smallest absolute Gasteiger partial charge is 0.354 e. The maximum absolute atomic E-state index is 12.6. The van der Waals surface area contributed by atoms with Crippen LogP contribution in [0.1, 0.15) is 23.0 Å². The van der Waals surface area contributed by atoms with E-state index in [1.165, 1.54) is 18.5 Å². The number of nitrogens with one attached hydrogen (secondary N) is 1. The first-order chi connectivity index (χ1) is 12.9. The quantitative estimate of drug-likeness (QED) is 0.885. The summed E-state index contributed by atoms with van der Waals surface area (Å²) in [6.07, 6.45) is -3.09. The van der Waals surface area contributed by atoms with Crippen molar-refractivity contribution in [1.82, 2.24) is 14.9 Å². The number of alkyl halides is 3. The third-order valence-electron chi connectivity index (χ3n) is 4.50. The summed E-state index contributed by atoms with van der Waals surface area (Å²) in [5.74, 6) is 0.170. The normalized spacial score (nSPS) is 15.6. The number of carbonyl (C=O) groups excluding carboxylic acids is 1. The molecule has 1 N–H and O–H groups in total. The second-order valence-electron chi connectivity index (χ2n) is 6.21. The van der Waals surface area contributed by atoms with E-state index >= 15 is 0 Å². The Morgan fingerprint density at radius 1 is 1.11 bits per heavy atom. The first kappa shape index (κ1) is 19.1. The number of nitrogens with zero attached hydrogens (tertiary/aromatic N) is 4. The summed E-state index contributed by atoms with van der Waals surface area (Å²) >= 11 is 0. The zero-order valence-corrected chi connectivity index (χ0v) is 14.8. The van der Waals surface area contributed by atoms with Gasteiger partial charge in [-0.2, -0.15) is 13.2 Å². The minimum Gasteiger partial charge on any atom is -0.354 e. The zero-order chi connectivity index (χ0) is 19.4. The predicted octanol–water partition coefficient (Wildman–Crippen LogP) is 2.89. The van der Waals surface area contributed by atoms with Gasteiger partial charge in [0.05, 0.1) is 5.56 Å². The van der Waals surface area contributed by atoms with E-state index in [1.54, 1.807) is 6.07 Å². The van der Waals surface area contributed by atoms with E-state index in [9.17, 15) is 18.0 Å². The van der Waals surface area contributed by atoms with Crippen LogP contribution >= 0.6 is 0 Å². The number of likely N-dealkylation sites (N-methyl/N-ethyl adjacent to an activating group) is 1. The van der Waals surface area contributed by atoms with Crippen LogP contribution in [0.15, 0.2) is 36.7 Å². The average molecular weight is 379 g/mol. The van der Waals surface area contributed by atoms with Crippen LogP contribution in [0.2, 0.25) is 0 Å². The topological polar surface area (TPSA) is 61.4 Å². The van der Waals surface area contributed by atoms with Crippen LogP contribution < -0.4 is 10.2 Å². The highest BCUT2D eigenvalue weighted by molar-refractivity contribution is 6.03. The van der Waals surface area contributed by atoms with Gasteiger partial charge in [-0.25, -0.2) is 9.97 Å². The molecule has 6 nitrogen and oxygen atoms in total. The number of piperazine rings is 1. The van der Waals surface area contributed by atoms with Gasteiger partial charge in [0.25, 0.3) is 5.91 Å². The molecule has 0 aliphatic carbocycles. The Hall–Kier alpha value is -2.68. The van der Waals surface area contributed by atoms with Gasteiger partial charge in [-0.05, 0) is 30.8 Å². The fourth-order valence-corrected chi connectivity index (χ4v) is 2.88. The SMILES string of the molecule is CCN1CCN(c2cc(C(=O)Nc3ccc(C(F)(F)F)cc3)ncn2)CC1. The molecule has 0 bridgehead atoms. The minimum absolute atomic E-state index is 0.165. The maximum atomic E-state index is 12.6. The molecule has 2 heterocycles. The van der Waals surface area contributed by atoms with Gasteiger partial charge < -0.3 is 15.1 Å².